The summed E-state index contributed by atoms with van der Waals surface area (Å²) < 4.78 is 5.20. The Kier molecular flexibility index (Phi) is 5.33. The smallest absolute Gasteiger partial charge is 0.269 e. The zero-order chi connectivity index (χ0) is 18.6. The van der Waals surface area contributed by atoms with Gasteiger partial charge in [-0.25, -0.2) is 0 Å². The molecule has 0 fully saturated rings. The van der Waals surface area contributed by atoms with E-state index in [0.717, 1.165) is 0 Å². The predicted molar refractivity (Wildman–Crippen MR) is 92.1 cm³/mol. The van der Waals surface area contributed by atoms with Crippen LogP contribution < -0.4 is 10.1 Å². The molecule has 2 aromatic rings. The molecule has 8 heteroatoms. The fourth-order valence-electron chi connectivity index (χ4n) is 2.13. The van der Waals surface area contributed by atoms with Crippen molar-refractivity contribution in [3.63, 3.8) is 0 Å². The number of carbonyl (C=O) groups is 2. The van der Waals surface area contributed by atoms with Crippen LogP contribution >= 0.6 is 0 Å². The van der Waals surface area contributed by atoms with E-state index in [-0.39, 0.29) is 17.2 Å². The van der Waals surface area contributed by atoms with Crippen LogP contribution in [0, 0.1) is 10.1 Å². The maximum atomic E-state index is 12.3. The summed E-state index contributed by atoms with van der Waals surface area (Å²) in [4.78, 5) is 36.0. The summed E-state index contributed by atoms with van der Waals surface area (Å²) in [5.41, 5.74) is 0.869. The third kappa shape index (κ3) is 4.11. The normalized spacial score (nSPS) is 10.0. The Balaban J connectivity index is 2.28. The Morgan fingerprint density at radius 2 is 1.68 bits per heavy atom. The van der Waals surface area contributed by atoms with Gasteiger partial charge in [-0.3, -0.25) is 19.7 Å². The lowest BCUT2D eigenvalue weighted by Gasteiger charge is -2.14. The quantitative estimate of drug-likeness (QED) is 0.664. The van der Waals surface area contributed by atoms with Crippen molar-refractivity contribution in [3.8, 4) is 5.75 Å². The number of hydrogen-bond donors (Lipinski definition) is 1. The van der Waals surface area contributed by atoms with E-state index in [4.69, 9.17) is 4.74 Å². The van der Waals surface area contributed by atoms with Gasteiger partial charge in [-0.2, -0.15) is 0 Å². The summed E-state index contributed by atoms with van der Waals surface area (Å²) in [6.45, 7) is 0. The van der Waals surface area contributed by atoms with Crippen LogP contribution in [0.1, 0.15) is 20.7 Å². The maximum absolute atomic E-state index is 12.3. The number of nitro groups is 1. The monoisotopic (exact) mass is 343 g/mol. The van der Waals surface area contributed by atoms with E-state index in [0.29, 0.717) is 17.0 Å². The Labute approximate surface area is 144 Å². The molecular formula is C17H17N3O5. The third-order valence-electron chi connectivity index (χ3n) is 3.44. The number of non-ortho nitro benzene ring substituents is 1. The Bertz CT molecular complexity index is 816. The molecule has 8 nitrogen and oxygen atoms in total. The van der Waals surface area contributed by atoms with Crippen LogP contribution in [0.4, 0.5) is 11.4 Å². The number of nitrogens with one attached hydrogen (secondary N) is 1. The number of benzene rings is 2. The van der Waals surface area contributed by atoms with E-state index in [1.165, 1.54) is 42.3 Å². The second-order valence-electron chi connectivity index (χ2n) is 5.37. The number of anilines is 1. The second kappa shape index (κ2) is 7.43. The molecule has 0 unspecified atom stereocenters. The van der Waals surface area contributed by atoms with Crippen molar-refractivity contribution in [3.05, 3.63) is 63.7 Å². The molecule has 0 saturated heterocycles. The molecule has 25 heavy (non-hydrogen) atoms. The predicted octanol–water partition coefficient (Wildman–Crippen LogP) is 2.56. The van der Waals surface area contributed by atoms with Gasteiger partial charge in [0.1, 0.15) is 5.75 Å². The SMILES string of the molecule is COc1ccc(C(=O)N(C)C)cc1NC(=O)c1ccc([N+](=O)[O-])cc1. The number of rotatable bonds is 5. The average molecular weight is 343 g/mol. The number of nitro benzene ring substituents is 1. The molecule has 0 aliphatic heterocycles. The highest BCUT2D eigenvalue weighted by Gasteiger charge is 2.15. The van der Waals surface area contributed by atoms with Crippen LogP contribution in [-0.2, 0) is 0 Å². The van der Waals surface area contributed by atoms with Crippen molar-refractivity contribution in [2.75, 3.05) is 26.5 Å². The Morgan fingerprint density at radius 3 is 2.20 bits per heavy atom. The standard InChI is InChI=1S/C17H17N3O5/c1-19(2)17(22)12-6-9-15(25-3)14(10-12)18-16(21)11-4-7-13(8-5-11)20(23)24/h4-10H,1-3H3,(H,18,21). The van der Waals surface area contributed by atoms with Gasteiger partial charge in [-0.05, 0) is 30.3 Å². The summed E-state index contributed by atoms with van der Waals surface area (Å²) in [7, 11) is 4.70. The first-order chi connectivity index (χ1) is 11.8. The Hall–Kier alpha value is -3.42. The number of hydrogen-bond acceptors (Lipinski definition) is 5. The first-order valence-electron chi connectivity index (χ1n) is 7.29. The molecule has 130 valence electrons. The van der Waals surface area contributed by atoms with Gasteiger partial charge in [0.2, 0.25) is 0 Å². The highest BCUT2D eigenvalue weighted by Crippen LogP contribution is 2.26. The molecule has 0 aliphatic rings. The van der Waals surface area contributed by atoms with Crippen molar-refractivity contribution in [2.24, 2.45) is 0 Å². The lowest BCUT2D eigenvalue weighted by Crippen LogP contribution is -2.22. The number of carbonyl (C=O) groups excluding carboxylic acids is 2. The molecule has 0 radical (unpaired) electrons. The van der Waals surface area contributed by atoms with Gasteiger partial charge in [0, 0.05) is 37.4 Å². The highest BCUT2D eigenvalue weighted by molar-refractivity contribution is 6.06. The molecule has 0 spiro atoms. The second-order valence-corrected chi connectivity index (χ2v) is 5.37. The van der Waals surface area contributed by atoms with Crippen molar-refractivity contribution in [1.29, 1.82) is 0 Å². The van der Waals surface area contributed by atoms with Gasteiger partial charge >= 0.3 is 0 Å². The number of nitrogens with zero attached hydrogens (tertiary/aromatic N) is 2. The van der Waals surface area contributed by atoms with Gasteiger partial charge in [-0.1, -0.05) is 0 Å². The van der Waals surface area contributed by atoms with Crippen LogP contribution in [0.3, 0.4) is 0 Å². The van der Waals surface area contributed by atoms with Crippen molar-refractivity contribution in [1.82, 2.24) is 4.90 Å². The lowest BCUT2D eigenvalue weighted by molar-refractivity contribution is -0.384. The van der Waals surface area contributed by atoms with Crippen LogP contribution in [0.15, 0.2) is 42.5 Å². The fourth-order valence-corrected chi connectivity index (χ4v) is 2.13. The summed E-state index contributed by atoms with van der Waals surface area (Å²) in [5, 5.41) is 13.3. The molecule has 2 amide bonds. The molecule has 0 aromatic heterocycles. The van der Waals surface area contributed by atoms with Gasteiger partial charge in [0.15, 0.2) is 0 Å². The van der Waals surface area contributed by atoms with Gasteiger partial charge in [0.05, 0.1) is 17.7 Å². The van der Waals surface area contributed by atoms with Crippen LogP contribution in [0.25, 0.3) is 0 Å². The Morgan fingerprint density at radius 1 is 1.08 bits per heavy atom. The average Bonchev–Trinajstić information content (AvgIpc) is 2.60. The van der Waals surface area contributed by atoms with E-state index in [1.807, 2.05) is 0 Å². The number of ether oxygens (including phenoxy) is 1. The highest BCUT2D eigenvalue weighted by atomic mass is 16.6. The summed E-state index contributed by atoms with van der Waals surface area (Å²) in [6, 6.07) is 9.91. The lowest BCUT2D eigenvalue weighted by atomic mass is 10.1. The zero-order valence-electron chi connectivity index (χ0n) is 14.0. The topological polar surface area (TPSA) is 102 Å². The molecule has 0 heterocycles. The maximum Gasteiger partial charge on any atom is 0.269 e. The fraction of sp³-hybridized carbons (Fsp3) is 0.176. The van der Waals surface area contributed by atoms with E-state index >= 15 is 0 Å². The molecule has 1 N–H and O–H groups in total. The molecule has 0 bridgehead atoms. The molecule has 0 atom stereocenters. The first kappa shape index (κ1) is 17.9. The van der Waals surface area contributed by atoms with Crippen LogP contribution in [0.2, 0.25) is 0 Å². The van der Waals surface area contributed by atoms with Crippen LogP contribution in [0.5, 0.6) is 5.75 Å². The number of methoxy groups -OCH3 is 1. The number of amides is 2. The minimum atomic E-state index is -0.541. The van der Waals surface area contributed by atoms with Crippen molar-refractivity contribution in [2.45, 2.75) is 0 Å². The summed E-state index contributed by atoms with van der Waals surface area (Å²) in [5.74, 6) is -0.290. The van der Waals surface area contributed by atoms with E-state index in [9.17, 15) is 19.7 Å². The largest absolute Gasteiger partial charge is 0.495 e. The van der Waals surface area contributed by atoms with Gasteiger partial charge in [-0.15, -0.1) is 0 Å². The van der Waals surface area contributed by atoms with E-state index in [2.05, 4.69) is 5.32 Å². The zero-order valence-corrected chi connectivity index (χ0v) is 14.0. The third-order valence-corrected chi connectivity index (χ3v) is 3.44. The minimum Gasteiger partial charge on any atom is -0.495 e. The molecular weight excluding hydrogens is 326 g/mol. The molecule has 2 aromatic carbocycles. The summed E-state index contributed by atoms with van der Waals surface area (Å²) in [6.07, 6.45) is 0. The van der Waals surface area contributed by atoms with Gasteiger partial charge in [0.25, 0.3) is 17.5 Å². The van der Waals surface area contributed by atoms with E-state index < -0.39 is 10.8 Å². The van der Waals surface area contributed by atoms with Crippen LogP contribution in [-0.4, -0.2) is 42.8 Å². The molecule has 2 rings (SSSR count). The van der Waals surface area contributed by atoms with Gasteiger partial charge < -0.3 is 15.0 Å². The molecule has 0 aliphatic carbocycles. The van der Waals surface area contributed by atoms with E-state index in [1.54, 1.807) is 26.2 Å². The minimum absolute atomic E-state index is 0.104. The first-order valence-corrected chi connectivity index (χ1v) is 7.29. The molecule has 0 saturated carbocycles. The van der Waals surface area contributed by atoms with Crippen molar-refractivity contribution < 1.29 is 19.2 Å². The summed E-state index contributed by atoms with van der Waals surface area (Å²) >= 11 is 0. The van der Waals surface area contributed by atoms with Crippen molar-refractivity contribution >= 4 is 23.2 Å².